The predicted octanol–water partition coefficient (Wildman–Crippen LogP) is 0.945. The van der Waals surface area contributed by atoms with Crippen molar-refractivity contribution in [1.29, 1.82) is 0 Å². The van der Waals surface area contributed by atoms with E-state index in [0.29, 0.717) is 16.9 Å². The zero-order valence-electron chi connectivity index (χ0n) is 10.4. The summed E-state index contributed by atoms with van der Waals surface area (Å²) in [6, 6.07) is 3.29. The number of aromatic amines is 2. The first-order valence-electron chi connectivity index (χ1n) is 5.65. The van der Waals surface area contributed by atoms with Crippen LogP contribution in [0.1, 0.15) is 21.9 Å². The van der Waals surface area contributed by atoms with Crippen LogP contribution in [0.2, 0.25) is 0 Å². The fraction of sp³-hybridized carbons (Fsp3) is 0.182. The lowest BCUT2D eigenvalue weighted by Crippen LogP contribution is -2.14. The smallest absolute Gasteiger partial charge is 0.274 e. The molecule has 0 aromatic carbocycles. The second kappa shape index (κ2) is 4.16. The van der Waals surface area contributed by atoms with Gasteiger partial charge >= 0.3 is 0 Å². The van der Waals surface area contributed by atoms with Crippen molar-refractivity contribution in [2.45, 2.75) is 13.8 Å². The van der Waals surface area contributed by atoms with Crippen molar-refractivity contribution in [2.24, 2.45) is 0 Å². The Morgan fingerprint density at radius 1 is 1.21 bits per heavy atom. The zero-order chi connectivity index (χ0) is 13.4. The van der Waals surface area contributed by atoms with Gasteiger partial charge in [0.25, 0.3) is 5.91 Å². The van der Waals surface area contributed by atoms with Gasteiger partial charge in [-0.25, -0.2) is 4.98 Å². The van der Waals surface area contributed by atoms with Gasteiger partial charge in [-0.3, -0.25) is 9.89 Å². The zero-order valence-corrected chi connectivity index (χ0v) is 10.4. The minimum atomic E-state index is -0.308. The quantitative estimate of drug-likeness (QED) is 0.632. The fourth-order valence-electron chi connectivity index (χ4n) is 1.78. The molecule has 0 saturated heterocycles. The summed E-state index contributed by atoms with van der Waals surface area (Å²) in [7, 11) is 0. The van der Waals surface area contributed by atoms with Gasteiger partial charge in [-0.2, -0.15) is 15.4 Å². The molecule has 0 atom stereocenters. The maximum absolute atomic E-state index is 12.1. The molecule has 8 heteroatoms. The van der Waals surface area contributed by atoms with Crippen molar-refractivity contribution in [1.82, 2.24) is 30.6 Å². The Morgan fingerprint density at radius 3 is 2.79 bits per heavy atom. The van der Waals surface area contributed by atoms with Crippen molar-refractivity contribution >= 4 is 22.8 Å². The van der Waals surface area contributed by atoms with Gasteiger partial charge in [-0.05, 0) is 26.0 Å². The van der Waals surface area contributed by atoms with Crippen LogP contribution in [0, 0.1) is 13.8 Å². The highest BCUT2D eigenvalue weighted by atomic mass is 16.1. The third kappa shape index (κ3) is 1.92. The Hall–Kier alpha value is -2.77. The van der Waals surface area contributed by atoms with Crippen molar-refractivity contribution in [3.63, 3.8) is 0 Å². The molecule has 1 amide bonds. The highest BCUT2D eigenvalue weighted by Gasteiger charge is 2.14. The topological polar surface area (TPSA) is 112 Å². The van der Waals surface area contributed by atoms with Crippen LogP contribution in [-0.2, 0) is 0 Å². The highest BCUT2D eigenvalue weighted by molar-refractivity contribution is 6.04. The molecular weight excluding hydrogens is 246 g/mol. The van der Waals surface area contributed by atoms with Crippen LogP contribution in [0.25, 0.3) is 11.2 Å². The lowest BCUT2D eigenvalue weighted by atomic mass is 10.2. The summed E-state index contributed by atoms with van der Waals surface area (Å²) in [5.74, 6) is -0.308. The largest absolute Gasteiger partial charge is 0.317 e. The summed E-state index contributed by atoms with van der Waals surface area (Å²) in [6.07, 6.45) is 0. The lowest BCUT2D eigenvalue weighted by molar-refractivity contribution is 0.102. The first-order valence-corrected chi connectivity index (χ1v) is 5.65. The molecule has 0 aliphatic heterocycles. The molecule has 3 aromatic rings. The molecule has 3 N–H and O–H groups in total. The highest BCUT2D eigenvalue weighted by Crippen LogP contribution is 2.17. The molecule has 3 heterocycles. The molecule has 0 fully saturated rings. The number of pyridine rings is 1. The second-order valence-electron chi connectivity index (χ2n) is 4.13. The van der Waals surface area contributed by atoms with E-state index in [2.05, 4.69) is 35.9 Å². The van der Waals surface area contributed by atoms with Crippen LogP contribution in [0.4, 0.5) is 5.69 Å². The van der Waals surface area contributed by atoms with Crippen LogP contribution in [0.3, 0.4) is 0 Å². The summed E-state index contributed by atoms with van der Waals surface area (Å²) in [6.45, 7) is 3.65. The number of aromatic nitrogens is 6. The molecule has 0 saturated carbocycles. The second-order valence-corrected chi connectivity index (χ2v) is 4.13. The standard InChI is InChI=1S/C11H11N7O/c1-5-9(6(2)15-14-5)13-11(19)8-4-3-7-10(12-8)17-18-16-7/h3-4H,1-2H3,(H,13,19)(H,14,15)(H,12,16,17,18). The number of H-pyrrole nitrogens is 2. The van der Waals surface area contributed by atoms with E-state index in [4.69, 9.17) is 0 Å². The number of hydrogen-bond donors (Lipinski definition) is 3. The summed E-state index contributed by atoms with van der Waals surface area (Å²) in [5, 5.41) is 19.8. The van der Waals surface area contributed by atoms with Crippen molar-refractivity contribution < 1.29 is 4.79 Å². The third-order valence-corrected chi connectivity index (χ3v) is 2.78. The van der Waals surface area contributed by atoms with Gasteiger partial charge < -0.3 is 5.32 Å². The number of anilines is 1. The number of nitrogens with one attached hydrogen (secondary N) is 3. The molecule has 8 nitrogen and oxygen atoms in total. The van der Waals surface area contributed by atoms with Crippen LogP contribution in [-0.4, -0.2) is 36.5 Å². The summed E-state index contributed by atoms with van der Waals surface area (Å²) in [5.41, 5.74) is 3.51. The molecule has 3 rings (SSSR count). The number of fused-ring (bicyclic) bond motifs is 1. The number of carbonyl (C=O) groups is 1. The molecule has 0 aliphatic rings. The Labute approximate surface area is 107 Å². The van der Waals surface area contributed by atoms with Crippen molar-refractivity contribution in [3.05, 3.63) is 29.2 Å². The van der Waals surface area contributed by atoms with E-state index in [-0.39, 0.29) is 11.6 Å². The average molecular weight is 257 g/mol. The molecule has 19 heavy (non-hydrogen) atoms. The van der Waals surface area contributed by atoms with E-state index in [1.807, 2.05) is 13.8 Å². The maximum Gasteiger partial charge on any atom is 0.274 e. The number of carbonyl (C=O) groups excluding carboxylic acids is 1. The number of aryl methyl sites for hydroxylation is 2. The van der Waals surface area contributed by atoms with Gasteiger partial charge in [0.05, 0.1) is 17.1 Å². The fourth-order valence-corrected chi connectivity index (χ4v) is 1.78. The van der Waals surface area contributed by atoms with E-state index in [1.165, 1.54) is 0 Å². The number of rotatable bonds is 2. The Bertz CT molecular complexity index is 738. The van der Waals surface area contributed by atoms with Crippen molar-refractivity contribution in [3.8, 4) is 0 Å². The third-order valence-electron chi connectivity index (χ3n) is 2.78. The van der Waals surface area contributed by atoms with Gasteiger partial charge in [0.2, 0.25) is 5.65 Å². The first kappa shape index (κ1) is 11.3. The van der Waals surface area contributed by atoms with Crippen LogP contribution >= 0.6 is 0 Å². The molecule has 0 radical (unpaired) electrons. The minimum absolute atomic E-state index is 0.279. The van der Waals surface area contributed by atoms with E-state index in [0.717, 1.165) is 11.4 Å². The first-order chi connectivity index (χ1) is 9.15. The van der Waals surface area contributed by atoms with E-state index in [1.54, 1.807) is 12.1 Å². The van der Waals surface area contributed by atoms with Gasteiger partial charge in [-0.1, -0.05) is 0 Å². The Balaban J connectivity index is 1.91. The number of hydrogen-bond acceptors (Lipinski definition) is 5. The molecule has 0 bridgehead atoms. The molecule has 96 valence electrons. The molecule has 0 unspecified atom stereocenters. The predicted molar refractivity (Wildman–Crippen MR) is 67.7 cm³/mol. The summed E-state index contributed by atoms with van der Waals surface area (Å²) in [4.78, 5) is 16.2. The molecular formula is C11H11N7O. The molecule has 3 aromatic heterocycles. The van der Waals surface area contributed by atoms with E-state index < -0.39 is 0 Å². The number of amides is 1. The average Bonchev–Trinajstić information content (AvgIpc) is 2.99. The van der Waals surface area contributed by atoms with E-state index >= 15 is 0 Å². The molecule has 0 aliphatic carbocycles. The lowest BCUT2D eigenvalue weighted by Gasteiger charge is -2.04. The monoisotopic (exact) mass is 257 g/mol. The van der Waals surface area contributed by atoms with Gasteiger partial charge in [0.1, 0.15) is 11.2 Å². The summed E-state index contributed by atoms with van der Waals surface area (Å²) < 4.78 is 0. The van der Waals surface area contributed by atoms with Crippen LogP contribution in [0.15, 0.2) is 12.1 Å². The minimum Gasteiger partial charge on any atom is -0.317 e. The van der Waals surface area contributed by atoms with Gasteiger partial charge in [0.15, 0.2) is 0 Å². The number of nitrogens with zero attached hydrogens (tertiary/aromatic N) is 4. The maximum atomic E-state index is 12.1. The van der Waals surface area contributed by atoms with Gasteiger partial charge in [-0.15, -0.1) is 5.10 Å². The Morgan fingerprint density at radius 2 is 2.05 bits per heavy atom. The van der Waals surface area contributed by atoms with Gasteiger partial charge in [0, 0.05) is 0 Å². The van der Waals surface area contributed by atoms with Crippen LogP contribution < -0.4 is 5.32 Å². The normalized spacial score (nSPS) is 10.8. The summed E-state index contributed by atoms with van der Waals surface area (Å²) >= 11 is 0. The van der Waals surface area contributed by atoms with Crippen LogP contribution in [0.5, 0.6) is 0 Å². The van der Waals surface area contributed by atoms with E-state index in [9.17, 15) is 4.79 Å². The SMILES string of the molecule is Cc1n[nH]c(C)c1NC(=O)c1ccc2n[nH]nc2n1. The van der Waals surface area contributed by atoms with Crippen molar-refractivity contribution in [2.75, 3.05) is 5.32 Å². The Kier molecular flexibility index (Phi) is 2.48. The molecule has 0 spiro atoms.